The Kier molecular flexibility index (Phi) is 5.26. The highest BCUT2D eigenvalue weighted by atomic mass is 16.2. The molecule has 2 N–H and O–H groups in total. The smallest absolute Gasteiger partial charge is 0.315 e. The predicted molar refractivity (Wildman–Crippen MR) is 103 cm³/mol. The van der Waals surface area contributed by atoms with Gasteiger partial charge in [0, 0.05) is 29.9 Å². The summed E-state index contributed by atoms with van der Waals surface area (Å²) in [5.74, 6) is 0.0134. The number of nitrogens with zero attached hydrogens (tertiary/aromatic N) is 1. The van der Waals surface area contributed by atoms with Crippen LogP contribution in [0.3, 0.4) is 0 Å². The second kappa shape index (κ2) is 7.60. The van der Waals surface area contributed by atoms with Gasteiger partial charge in [0.15, 0.2) is 0 Å². The van der Waals surface area contributed by atoms with E-state index in [1.165, 1.54) is 0 Å². The lowest BCUT2D eigenvalue weighted by molar-refractivity contribution is 0.0981. The Labute approximate surface area is 154 Å². The molecule has 5 heteroatoms. The van der Waals surface area contributed by atoms with E-state index in [9.17, 15) is 9.59 Å². The van der Waals surface area contributed by atoms with E-state index in [1.807, 2.05) is 61.2 Å². The van der Waals surface area contributed by atoms with Crippen LogP contribution in [0.2, 0.25) is 0 Å². The van der Waals surface area contributed by atoms with Gasteiger partial charge < -0.3 is 15.5 Å². The normalized spacial score (nSPS) is 15.7. The van der Waals surface area contributed by atoms with Crippen LogP contribution >= 0.6 is 0 Å². The molecule has 1 aliphatic heterocycles. The molecule has 0 aromatic heterocycles. The Morgan fingerprint density at radius 3 is 2.58 bits per heavy atom. The van der Waals surface area contributed by atoms with Crippen LogP contribution in [0.25, 0.3) is 0 Å². The second-order valence-corrected chi connectivity index (χ2v) is 7.04. The van der Waals surface area contributed by atoms with Crippen LogP contribution in [0, 0.1) is 0 Å². The standard InChI is InChI=1S/C21H25N3O2/c1-14(2)23-21(26)22-13-16-9-10-18-11-15(3)24(19(18)12-16)20(25)17-7-5-4-6-8-17/h4-10,12,14-15H,11,13H2,1-3H3,(H2,22,23,26). The molecule has 2 aromatic carbocycles. The highest BCUT2D eigenvalue weighted by molar-refractivity contribution is 6.07. The fraction of sp³-hybridized carbons (Fsp3) is 0.333. The molecule has 1 aliphatic rings. The molecule has 0 saturated carbocycles. The van der Waals surface area contributed by atoms with Crippen molar-refractivity contribution >= 4 is 17.6 Å². The van der Waals surface area contributed by atoms with Gasteiger partial charge in [0.2, 0.25) is 0 Å². The number of hydrogen-bond acceptors (Lipinski definition) is 2. The third-order valence-electron chi connectivity index (χ3n) is 4.48. The fourth-order valence-electron chi connectivity index (χ4n) is 3.29. The number of amides is 3. The van der Waals surface area contributed by atoms with Crippen molar-refractivity contribution in [2.45, 2.75) is 45.8 Å². The highest BCUT2D eigenvalue weighted by Crippen LogP contribution is 2.34. The molecule has 0 bridgehead atoms. The van der Waals surface area contributed by atoms with Crippen molar-refractivity contribution in [1.82, 2.24) is 10.6 Å². The Morgan fingerprint density at radius 1 is 1.15 bits per heavy atom. The van der Waals surface area contributed by atoms with Gasteiger partial charge >= 0.3 is 6.03 Å². The van der Waals surface area contributed by atoms with Gasteiger partial charge in [-0.1, -0.05) is 30.3 Å². The second-order valence-electron chi connectivity index (χ2n) is 7.04. The van der Waals surface area contributed by atoms with Crippen molar-refractivity contribution in [1.29, 1.82) is 0 Å². The van der Waals surface area contributed by atoms with Crippen LogP contribution < -0.4 is 15.5 Å². The third kappa shape index (κ3) is 3.87. The van der Waals surface area contributed by atoms with E-state index in [4.69, 9.17) is 0 Å². The summed E-state index contributed by atoms with van der Waals surface area (Å²) >= 11 is 0. The first-order chi connectivity index (χ1) is 12.5. The Balaban J connectivity index is 1.78. The maximum atomic E-state index is 13.0. The van der Waals surface area contributed by atoms with Gasteiger partial charge in [0.25, 0.3) is 5.91 Å². The van der Waals surface area contributed by atoms with Gasteiger partial charge in [-0.15, -0.1) is 0 Å². The molecule has 3 amide bonds. The molecule has 0 aliphatic carbocycles. The predicted octanol–water partition coefficient (Wildman–Crippen LogP) is 3.49. The molecule has 2 aromatic rings. The maximum absolute atomic E-state index is 13.0. The van der Waals surface area contributed by atoms with Crippen molar-refractivity contribution < 1.29 is 9.59 Å². The first-order valence-electron chi connectivity index (χ1n) is 9.00. The minimum absolute atomic E-state index is 0.0134. The molecule has 5 nitrogen and oxygen atoms in total. The molecule has 1 heterocycles. The zero-order valence-corrected chi connectivity index (χ0v) is 15.5. The summed E-state index contributed by atoms with van der Waals surface area (Å²) in [4.78, 5) is 26.6. The Hall–Kier alpha value is -2.82. The van der Waals surface area contributed by atoms with Gasteiger partial charge in [0.05, 0.1) is 0 Å². The minimum Gasteiger partial charge on any atom is -0.336 e. The zero-order chi connectivity index (χ0) is 18.7. The summed E-state index contributed by atoms with van der Waals surface area (Å²) in [5.41, 5.74) is 3.77. The van der Waals surface area contributed by atoms with Crippen molar-refractivity contribution in [3.05, 3.63) is 65.2 Å². The van der Waals surface area contributed by atoms with Gasteiger partial charge in [-0.3, -0.25) is 4.79 Å². The lowest BCUT2D eigenvalue weighted by atomic mass is 10.1. The number of carbonyl (C=O) groups is 2. The quantitative estimate of drug-likeness (QED) is 0.886. The summed E-state index contributed by atoms with van der Waals surface area (Å²) in [6.45, 7) is 6.33. The van der Waals surface area contributed by atoms with Gasteiger partial charge in [-0.25, -0.2) is 4.79 Å². The molecular formula is C21H25N3O2. The molecule has 0 saturated heterocycles. The van der Waals surface area contributed by atoms with E-state index in [2.05, 4.69) is 23.6 Å². The fourth-order valence-corrected chi connectivity index (χ4v) is 3.29. The molecular weight excluding hydrogens is 326 g/mol. The maximum Gasteiger partial charge on any atom is 0.315 e. The lowest BCUT2D eigenvalue weighted by Gasteiger charge is -2.23. The van der Waals surface area contributed by atoms with Crippen LogP contribution in [-0.2, 0) is 13.0 Å². The lowest BCUT2D eigenvalue weighted by Crippen LogP contribution is -2.39. The zero-order valence-electron chi connectivity index (χ0n) is 15.5. The molecule has 0 radical (unpaired) electrons. The van der Waals surface area contributed by atoms with E-state index in [1.54, 1.807) is 0 Å². The van der Waals surface area contributed by atoms with Crippen LogP contribution in [-0.4, -0.2) is 24.0 Å². The molecule has 0 fully saturated rings. The van der Waals surface area contributed by atoms with E-state index in [0.29, 0.717) is 12.1 Å². The number of rotatable bonds is 4. The van der Waals surface area contributed by atoms with Crippen LogP contribution in [0.1, 0.15) is 42.3 Å². The highest BCUT2D eigenvalue weighted by Gasteiger charge is 2.31. The SMILES string of the molecule is CC(C)NC(=O)NCc1ccc2c(c1)N(C(=O)c1ccccc1)C(C)C2. The number of hydrogen-bond donors (Lipinski definition) is 2. The van der Waals surface area contributed by atoms with Crippen LogP contribution in [0.4, 0.5) is 10.5 Å². The van der Waals surface area contributed by atoms with Gasteiger partial charge in [-0.05, 0) is 56.5 Å². The molecule has 136 valence electrons. The van der Waals surface area contributed by atoms with E-state index >= 15 is 0 Å². The van der Waals surface area contributed by atoms with E-state index in [0.717, 1.165) is 23.2 Å². The Morgan fingerprint density at radius 2 is 1.88 bits per heavy atom. The summed E-state index contributed by atoms with van der Waals surface area (Å²) in [6, 6.07) is 15.4. The summed E-state index contributed by atoms with van der Waals surface area (Å²) in [6.07, 6.45) is 0.843. The summed E-state index contributed by atoms with van der Waals surface area (Å²) < 4.78 is 0. The largest absolute Gasteiger partial charge is 0.336 e. The first kappa shape index (κ1) is 18.0. The van der Waals surface area contributed by atoms with Gasteiger partial charge in [0.1, 0.15) is 0 Å². The average Bonchev–Trinajstić information content (AvgIpc) is 2.94. The van der Waals surface area contributed by atoms with Crippen molar-refractivity contribution in [2.75, 3.05) is 4.90 Å². The van der Waals surface area contributed by atoms with Crippen molar-refractivity contribution in [2.24, 2.45) is 0 Å². The van der Waals surface area contributed by atoms with Gasteiger partial charge in [-0.2, -0.15) is 0 Å². The van der Waals surface area contributed by atoms with Crippen molar-refractivity contribution in [3.63, 3.8) is 0 Å². The third-order valence-corrected chi connectivity index (χ3v) is 4.48. The molecule has 3 rings (SSSR count). The van der Waals surface area contributed by atoms with Crippen LogP contribution in [0.15, 0.2) is 48.5 Å². The summed E-state index contributed by atoms with van der Waals surface area (Å²) in [7, 11) is 0. The Bertz CT molecular complexity index is 802. The number of carbonyl (C=O) groups excluding carboxylic acids is 2. The van der Waals surface area contributed by atoms with Crippen molar-refractivity contribution in [3.8, 4) is 0 Å². The first-order valence-corrected chi connectivity index (χ1v) is 9.00. The number of anilines is 1. The topological polar surface area (TPSA) is 61.4 Å². The minimum atomic E-state index is -0.189. The molecule has 26 heavy (non-hydrogen) atoms. The molecule has 1 atom stereocenters. The number of nitrogens with one attached hydrogen (secondary N) is 2. The monoisotopic (exact) mass is 351 g/mol. The van der Waals surface area contributed by atoms with E-state index in [-0.39, 0.29) is 24.0 Å². The molecule has 1 unspecified atom stereocenters. The summed E-state index contributed by atoms with van der Waals surface area (Å²) in [5, 5.41) is 5.66. The number of benzene rings is 2. The van der Waals surface area contributed by atoms with Crippen LogP contribution in [0.5, 0.6) is 0 Å². The molecule has 0 spiro atoms. The number of fused-ring (bicyclic) bond motifs is 1. The average molecular weight is 351 g/mol. The van der Waals surface area contributed by atoms with E-state index < -0.39 is 0 Å². The number of urea groups is 1.